The maximum atomic E-state index is 10.8. The van der Waals surface area contributed by atoms with Crippen molar-refractivity contribution in [3.8, 4) is 5.75 Å². The number of hydrogen-bond acceptors (Lipinski definition) is 2. The first kappa shape index (κ1) is 12.3. The number of aliphatic carboxylic acids is 1. The van der Waals surface area contributed by atoms with Gasteiger partial charge in [-0.2, -0.15) is 0 Å². The average Bonchev–Trinajstić information content (AvgIpc) is 2.18. The summed E-state index contributed by atoms with van der Waals surface area (Å²) in [5, 5.41) is 9.22. The van der Waals surface area contributed by atoms with E-state index in [1.807, 2.05) is 0 Å². The normalized spacial score (nSPS) is 12.2. The van der Waals surface area contributed by atoms with Gasteiger partial charge in [-0.25, -0.2) is 4.79 Å². The Labute approximate surface area is 101 Å². The fourth-order valence-electron chi connectivity index (χ4n) is 1.03. The van der Waals surface area contributed by atoms with Crippen LogP contribution in [0.15, 0.2) is 22.7 Å². The Hall–Kier alpha value is -0.740. The fourth-order valence-corrected chi connectivity index (χ4v) is 1.53. The maximum Gasteiger partial charge on any atom is 0.344 e. The van der Waals surface area contributed by atoms with E-state index in [4.69, 9.17) is 21.4 Å². The van der Waals surface area contributed by atoms with Gasteiger partial charge in [-0.05, 0) is 24.6 Å². The molecule has 0 aromatic heterocycles. The molecule has 0 aliphatic rings. The molecular formula is C10H10BrClO3. The van der Waals surface area contributed by atoms with Crippen molar-refractivity contribution >= 4 is 33.5 Å². The monoisotopic (exact) mass is 292 g/mol. The zero-order valence-electron chi connectivity index (χ0n) is 8.04. The van der Waals surface area contributed by atoms with Crippen molar-refractivity contribution in [1.29, 1.82) is 0 Å². The smallest absolute Gasteiger partial charge is 0.344 e. The quantitative estimate of drug-likeness (QED) is 0.926. The second kappa shape index (κ2) is 5.37. The van der Waals surface area contributed by atoms with E-state index in [1.54, 1.807) is 25.1 Å². The van der Waals surface area contributed by atoms with Gasteiger partial charge in [0, 0.05) is 4.47 Å². The van der Waals surface area contributed by atoms with Crippen molar-refractivity contribution in [2.24, 2.45) is 0 Å². The number of carboxylic acids is 1. The summed E-state index contributed by atoms with van der Waals surface area (Å²) in [6.07, 6.45) is -0.477. The number of rotatable bonds is 4. The van der Waals surface area contributed by atoms with Crippen LogP contribution in [-0.4, -0.2) is 17.2 Å². The van der Waals surface area contributed by atoms with E-state index in [0.29, 0.717) is 17.2 Å². The van der Waals surface area contributed by atoms with Crippen LogP contribution in [-0.2, 0) is 4.79 Å². The molecule has 0 saturated carbocycles. The zero-order valence-corrected chi connectivity index (χ0v) is 10.4. The highest BCUT2D eigenvalue weighted by Gasteiger charge is 2.18. The van der Waals surface area contributed by atoms with Gasteiger partial charge in [0.1, 0.15) is 5.75 Å². The zero-order chi connectivity index (χ0) is 11.4. The van der Waals surface area contributed by atoms with Crippen molar-refractivity contribution in [3.63, 3.8) is 0 Å². The molecule has 0 bridgehead atoms. The van der Waals surface area contributed by atoms with E-state index >= 15 is 0 Å². The molecular weight excluding hydrogens is 283 g/mol. The van der Waals surface area contributed by atoms with Crippen molar-refractivity contribution < 1.29 is 14.6 Å². The van der Waals surface area contributed by atoms with Crippen LogP contribution in [0.2, 0.25) is 5.02 Å². The Morgan fingerprint density at radius 3 is 2.87 bits per heavy atom. The molecule has 0 spiro atoms. The van der Waals surface area contributed by atoms with Gasteiger partial charge in [-0.15, -0.1) is 0 Å². The third-order valence-corrected chi connectivity index (χ3v) is 2.61. The van der Waals surface area contributed by atoms with Gasteiger partial charge in [0.25, 0.3) is 0 Å². The first-order valence-electron chi connectivity index (χ1n) is 4.39. The first-order chi connectivity index (χ1) is 7.04. The van der Waals surface area contributed by atoms with E-state index < -0.39 is 12.1 Å². The molecule has 0 heterocycles. The summed E-state index contributed by atoms with van der Waals surface area (Å²) >= 11 is 9.12. The van der Waals surface area contributed by atoms with Gasteiger partial charge in [0.2, 0.25) is 0 Å². The number of halogens is 2. The summed E-state index contributed by atoms with van der Waals surface area (Å²) in [5.74, 6) is -0.617. The Kier molecular flexibility index (Phi) is 4.42. The van der Waals surface area contributed by atoms with Crippen LogP contribution in [0.3, 0.4) is 0 Å². The fraction of sp³-hybridized carbons (Fsp3) is 0.300. The Morgan fingerprint density at radius 1 is 1.67 bits per heavy atom. The molecule has 0 amide bonds. The van der Waals surface area contributed by atoms with Crippen LogP contribution < -0.4 is 4.74 Å². The summed E-state index contributed by atoms with van der Waals surface area (Å²) < 4.78 is 6.07. The van der Waals surface area contributed by atoms with Crippen molar-refractivity contribution in [3.05, 3.63) is 27.7 Å². The number of carboxylic acid groups (broad SMARTS) is 1. The topological polar surface area (TPSA) is 46.5 Å². The summed E-state index contributed by atoms with van der Waals surface area (Å²) in [6.45, 7) is 1.74. The van der Waals surface area contributed by atoms with Crippen LogP contribution >= 0.6 is 27.5 Å². The molecule has 0 saturated heterocycles. The molecule has 5 heteroatoms. The number of benzene rings is 1. The molecule has 1 aromatic rings. The molecule has 1 aromatic carbocycles. The Bertz CT molecular complexity index is 368. The van der Waals surface area contributed by atoms with Crippen molar-refractivity contribution in [2.45, 2.75) is 19.4 Å². The molecule has 0 radical (unpaired) electrons. The second-order valence-corrected chi connectivity index (χ2v) is 4.25. The Morgan fingerprint density at radius 2 is 2.33 bits per heavy atom. The van der Waals surface area contributed by atoms with Gasteiger partial charge in [0.15, 0.2) is 6.10 Å². The highest BCUT2D eigenvalue weighted by molar-refractivity contribution is 9.10. The van der Waals surface area contributed by atoms with Crippen LogP contribution in [0.1, 0.15) is 13.3 Å². The van der Waals surface area contributed by atoms with Crippen molar-refractivity contribution in [1.82, 2.24) is 0 Å². The lowest BCUT2D eigenvalue weighted by molar-refractivity contribution is -0.145. The van der Waals surface area contributed by atoms with Gasteiger partial charge < -0.3 is 9.84 Å². The SMILES string of the molecule is CCC(Oc1cc(Br)ccc1Cl)C(=O)O. The largest absolute Gasteiger partial charge is 0.479 e. The third kappa shape index (κ3) is 3.39. The lowest BCUT2D eigenvalue weighted by atomic mass is 10.2. The van der Waals surface area contributed by atoms with Gasteiger partial charge >= 0.3 is 5.97 Å². The predicted octanol–water partition coefficient (Wildman–Crippen LogP) is 3.34. The average molecular weight is 294 g/mol. The van der Waals surface area contributed by atoms with E-state index in [-0.39, 0.29) is 0 Å². The molecule has 0 aliphatic heterocycles. The third-order valence-electron chi connectivity index (χ3n) is 1.81. The molecule has 1 atom stereocenters. The van der Waals surface area contributed by atoms with Crippen LogP contribution in [0.4, 0.5) is 0 Å². The predicted molar refractivity (Wildman–Crippen MR) is 61.5 cm³/mol. The van der Waals surface area contributed by atoms with Gasteiger partial charge in [0.05, 0.1) is 5.02 Å². The van der Waals surface area contributed by atoms with Gasteiger partial charge in [-0.3, -0.25) is 0 Å². The number of hydrogen-bond donors (Lipinski definition) is 1. The van der Waals surface area contributed by atoms with Crippen LogP contribution in [0, 0.1) is 0 Å². The minimum Gasteiger partial charge on any atom is -0.479 e. The summed E-state index contributed by atoms with van der Waals surface area (Å²) in [4.78, 5) is 10.8. The number of carbonyl (C=O) groups is 1. The van der Waals surface area contributed by atoms with E-state index in [0.717, 1.165) is 4.47 Å². The lowest BCUT2D eigenvalue weighted by Crippen LogP contribution is -2.26. The van der Waals surface area contributed by atoms with Crippen molar-refractivity contribution in [2.75, 3.05) is 0 Å². The minimum atomic E-state index is -0.992. The van der Waals surface area contributed by atoms with E-state index in [1.165, 1.54) is 0 Å². The van der Waals surface area contributed by atoms with Crippen LogP contribution in [0.25, 0.3) is 0 Å². The minimum absolute atomic E-state index is 0.375. The van der Waals surface area contributed by atoms with E-state index in [9.17, 15) is 4.79 Å². The molecule has 1 rings (SSSR count). The maximum absolute atomic E-state index is 10.8. The van der Waals surface area contributed by atoms with E-state index in [2.05, 4.69) is 15.9 Å². The molecule has 1 N–H and O–H groups in total. The molecule has 0 fully saturated rings. The highest BCUT2D eigenvalue weighted by Crippen LogP contribution is 2.29. The van der Waals surface area contributed by atoms with Crippen LogP contribution in [0.5, 0.6) is 5.75 Å². The Balaban J connectivity index is 2.87. The molecule has 3 nitrogen and oxygen atoms in total. The highest BCUT2D eigenvalue weighted by atomic mass is 79.9. The number of ether oxygens (including phenoxy) is 1. The molecule has 0 aliphatic carbocycles. The summed E-state index contributed by atoms with van der Waals surface area (Å²) in [6, 6.07) is 5.06. The van der Waals surface area contributed by atoms with Gasteiger partial charge in [-0.1, -0.05) is 34.5 Å². The summed E-state index contributed by atoms with van der Waals surface area (Å²) in [5.41, 5.74) is 0. The lowest BCUT2D eigenvalue weighted by Gasteiger charge is -2.14. The second-order valence-electron chi connectivity index (χ2n) is 2.93. The molecule has 1 unspecified atom stereocenters. The molecule has 82 valence electrons. The molecule has 15 heavy (non-hydrogen) atoms. The standard InChI is InChI=1S/C10H10BrClO3/c1-2-8(10(13)14)15-9-5-6(11)3-4-7(9)12/h3-5,8H,2H2,1H3,(H,13,14). The first-order valence-corrected chi connectivity index (χ1v) is 5.56. The summed E-state index contributed by atoms with van der Waals surface area (Å²) in [7, 11) is 0.